The first kappa shape index (κ1) is 17.6. The van der Waals surface area contributed by atoms with Crippen LogP contribution in [0.15, 0.2) is 0 Å². The first-order valence-electron chi connectivity index (χ1n) is 9.41. The third-order valence-electron chi connectivity index (χ3n) is 6.14. The predicted molar refractivity (Wildman–Crippen MR) is 90.1 cm³/mol. The molecule has 1 heterocycles. The van der Waals surface area contributed by atoms with E-state index < -0.39 is 6.17 Å². The Labute approximate surface area is 143 Å². The lowest BCUT2D eigenvalue weighted by molar-refractivity contribution is -0.124. The summed E-state index contributed by atoms with van der Waals surface area (Å²) in [5.41, 5.74) is 0. The van der Waals surface area contributed by atoms with Gasteiger partial charge in [-0.2, -0.15) is 0 Å². The van der Waals surface area contributed by atoms with Gasteiger partial charge in [0.05, 0.1) is 6.04 Å². The maximum Gasteiger partial charge on any atom is 0.237 e. The van der Waals surface area contributed by atoms with Crippen molar-refractivity contribution in [1.29, 1.82) is 0 Å². The largest absolute Gasteiger partial charge is 0.354 e. The van der Waals surface area contributed by atoms with Crippen molar-refractivity contribution in [2.45, 2.75) is 89.1 Å². The number of halogens is 1. The van der Waals surface area contributed by atoms with Gasteiger partial charge in [-0.15, -0.1) is 0 Å². The maximum atomic E-state index is 14.1. The number of hydrogen-bond donors (Lipinski definition) is 3. The molecule has 6 heteroatoms. The van der Waals surface area contributed by atoms with Crippen molar-refractivity contribution in [3.05, 3.63) is 0 Å². The molecule has 1 aliphatic heterocycles. The Kier molecular flexibility index (Phi) is 5.42. The average Bonchev–Trinajstić information content (AvgIpc) is 2.99. The van der Waals surface area contributed by atoms with Crippen LogP contribution in [0.3, 0.4) is 0 Å². The van der Waals surface area contributed by atoms with Gasteiger partial charge in [-0.05, 0) is 50.9 Å². The van der Waals surface area contributed by atoms with E-state index >= 15 is 0 Å². The van der Waals surface area contributed by atoms with Crippen molar-refractivity contribution in [2.75, 3.05) is 0 Å². The van der Waals surface area contributed by atoms with Crippen LogP contribution in [-0.4, -0.2) is 42.2 Å². The highest BCUT2D eigenvalue weighted by Crippen LogP contribution is 2.38. The number of fused-ring (bicyclic) bond motifs is 1. The van der Waals surface area contributed by atoms with Gasteiger partial charge < -0.3 is 16.0 Å². The minimum atomic E-state index is -0.774. The Morgan fingerprint density at radius 1 is 1.00 bits per heavy atom. The zero-order valence-electron chi connectivity index (χ0n) is 14.7. The first-order valence-corrected chi connectivity index (χ1v) is 9.41. The molecular formula is C18H30FN3O2. The number of carbonyl (C=O) groups excluding carboxylic acids is 2. The van der Waals surface area contributed by atoms with Crippen molar-refractivity contribution < 1.29 is 14.0 Å². The minimum Gasteiger partial charge on any atom is -0.354 e. The minimum absolute atomic E-state index is 0.00939. The van der Waals surface area contributed by atoms with Crippen molar-refractivity contribution >= 4 is 11.8 Å². The zero-order valence-corrected chi connectivity index (χ0v) is 14.7. The van der Waals surface area contributed by atoms with E-state index in [1.165, 1.54) is 6.92 Å². The van der Waals surface area contributed by atoms with Crippen LogP contribution >= 0.6 is 0 Å². The summed E-state index contributed by atoms with van der Waals surface area (Å²) in [7, 11) is 0. The van der Waals surface area contributed by atoms with Gasteiger partial charge in [0.15, 0.2) is 0 Å². The lowest BCUT2D eigenvalue weighted by Gasteiger charge is -2.33. The number of carbonyl (C=O) groups is 2. The van der Waals surface area contributed by atoms with Crippen LogP contribution in [0.25, 0.3) is 0 Å². The second kappa shape index (κ2) is 7.38. The third-order valence-corrected chi connectivity index (χ3v) is 6.14. The monoisotopic (exact) mass is 339 g/mol. The van der Waals surface area contributed by atoms with E-state index in [1.807, 2.05) is 0 Å². The van der Waals surface area contributed by atoms with Crippen LogP contribution in [0.2, 0.25) is 0 Å². The molecule has 3 N–H and O–H groups in total. The summed E-state index contributed by atoms with van der Waals surface area (Å²) in [4.78, 5) is 23.7. The number of amides is 2. The van der Waals surface area contributed by atoms with Crippen LogP contribution in [0.5, 0.6) is 0 Å². The third kappa shape index (κ3) is 3.90. The molecule has 0 radical (unpaired) electrons. The van der Waals surface area contributed by atoms with Gasteiger partial charge in [-0.25, -0.2) is 4.39 Å². The Hall–Kier alpha value is -1.17. The van der Waals surface area contributed by atoms with Gasteiger partial charge in [0.1, 0.15) is 6.17 Å². The summed E-state index contributed by atoms with van der Waals surface area (Å²) in [5, 5.41) is 9.47. The molecule has 3 aliphatic rings. The summed E-state index contributed by atoms with van der Waals surface area (Å²) in [6.45, 7) is 3.69. The molecule has 2 aliphatic carbocycles. The fourth-order valence-electron chi connectivity index (χ4n) is 4.77. The van der Waals surface area contributed by atoms with E-state index in [2.05, 4.69) is 22.9 Å². The molecule has 24 heavy (non-hydrogen) atoms. The molecule has 3 fully saturated rings. The molecule has 2 amide bonds. The summed E-state index contributed by atoms with van der Waals surface area (Å²) in [6.07, 6.45) is 4.95. The van der Waals surface area contributed by atoms with Crippen LogP contribution in [-0.2, 0) is 9.59 Å². The molecular weight excluding hydrogens is 309 g/mol. The highest BCUT2D eigenvalue weighted by Gasteiger charge is 2.46. The van der Waals surface area contributed by atoms with Crippen LogP contribution in [0, 0.1) is 11.8 Å². The number of alkyl halides is 1. The topological polar surface area (TPSA) is 70.2 Å². The lowest BCUT2D eigenvalue weighted by Crippen LogP contribution is -2.50. The van der Waals surface area contributed by atoms with Crippen molar-refractivity contribution in [2.24, 2.45) is 11.8 Å². The van der Waals surface area contributed by atoms with Crippen LogP contribution < -0.4 is 16.0 Å². The highest BCUT2D eigenvalue weighted by atomic mass is 19.1. The molecule has 2 saturated carbocycles. The molecule has 0 bridgehead atoms. The van der Waals surface area contributed by atoms with Crippen molar-refractivity contribution in [3.8, 4) is 0 Å². The summed E-state index contributed by atoms with van der Waals surface area (Å²) in [5.74, 6) is 0.454. The molecule has 5 atom stereocenters. The molecule has 3 rings (SSSR count). The van der Waals surface area contributed by atoms with Gasteiger partial charge >= 0.3 is 0 Å². The van der Waals surface area contributed by atoms with E-state index in [0.29, 0.717) is 18.8 Å². The smallest absolute Gasteiger partial charge is 0.237 e. The van der Waals surface area contributed by atoms with Crippen molar-refractivity contribution in [1.82, 2.24) is 16.0 Å². The quantitative estimate of drug-likeness (QED) is 0.732. The molecule has 0 spiro atoms. The van der Waals surface area contributed by atoms with E-state index in [-0.39, 0.29) is 41.9 Å². The molecule has 136 valence electrons. The molecule has 5 nitrogen and oxygen atoms in total. The second-order valence-corrected chi connectivity index (χ2v) is 7.97. The molecule has 0 aromatic carbocycles. The fraction of sp³-hybridized carbons (Fsp3) is 0.889. The van der Waals surface area contributed by atoms with E-state index in [0.717, 1.165) is 32.1 Å². The summed E-state index contributed by atoms with van der Waals surface area (Å²) >= 11 is 0. The number of hydrogen-bond acceptors (Lipinski definition) is 3. The standard InChI is InChI=1S/C18H30FN3O2/c1-10-3-8-15(19)14-9-16(22-17(10)14)18(24)21-13-6-4-12(5-7-13)20-11(2)23/h10,12-17,22H,3-9H2,1-2H3,(H,20,23)(H,21,24). The highest BCUT2D eigenvalue weighted by molar-refractivity contribution is 5.82. The van der Waals surface area contributed by atoms with E-state index in [4.69, 9.17) is 0 Å². The molecule has 5 unspecified atom stereocenters. The predicted octanol–water partition coefficient (Wildman–Crippen LogP) is 1.66. The second-order valence-electron chi connectivity index (χ2n) is 7.97. The Bertz CT molecular complexity index is 461. The molecule has 0 aromatic heterocycles. The lowest BCUT2D eigenvalue weighted by atomic mass is 9.77. The van der Waals surface area contributed by atoms with Gasteiger partial charge in [0, 0.05) is 31.0 Å². The number of rotatable bonds is 3. The fourth-order valence-corrected chi connectivity index (χ4v) is 4.77. The maximum absolute atomic E-state index is 14.1. The normalized spacial score (nSPS) is 42.2. The van der Waals surface area contributed by atoms with E-state index in [9.17, 15) is 14.0 Å². The van der Waals surface area contributed by atoms with Gasteiger partial charge in [-0.3, -0.25) is 9.59 Å². The Balaban J connectivity index is 1.47. The summed E-state index contributed by atoms with van der Waals surface area (Å²) < 4.78 is 14.1. The van der Waals surface area contributed by atoms with Crippen molar-refractivity contribution in [3.63, 3.8) is 0 Å². The number of nitrogens with one attached hydrogen (secondary N) is 3. The molecule has 0 aromatic rings. The van der Waals surface area contributed by atoms with E-state index in [1.54, 1.807) is 0 Å². The van der Waals surface area contributed by atoms with Gasteiger partial charge in [0.25, 0.3) is 0 Å². The summed E-state index contributed by atoms with van der Waals surface area (Å²) in [6, 6.07) is 0.286. The van der Waals surface area contributed by atoms with Crippen LogP contribution in [0.4, 0.5) is 4.39 Å². The first-order chi connectivity index (χ1) is 11.4. The zero-order chi connectivity index (χ0) is 17.3. The van der Waals surface area contributed by atoms with Crippen LogP contribution in [0.1, 0.15) is 58.8 Å². The SMILES string of the molecule is CC(=O)NC1CCC(NC(=O)C2CC3C(F)CCC(C)C3N2)CC1. The Morgan fingerprint density at radius 2 is 1.62 bits per heavy atom. The Morgan fingerprint density at radius 3 is 2.21 bits per heavy atom. The molecule has 1 saturated heterocycles. The average molecular weight is 339 g/mol. The van der Waals surface area contributed by atoms with Gasteiger partial charge in [0.2, 0.25) is 11.8 Å². The van der Waals surface area contributed by atoms with Gasteiger partial charge in [-0.1, -0.05) is 6.92 Å².